The highest BCUT2D eigenvalue weighted by atomic mass is 35.5. The van der Waals surface area contributed by atoms with Gasteiger partial charge in [0.15, 0.2) is 0 Å². The number of nitrogen functional groups attached to an aromatic ring is 1. The summed E-state index contributed by atoms with van der Waals surface area (Å²) in [6, 6.07) is 12.9. The lowest BCUT2D eigenvalue weighted by Crippen LogP contribution is -2.05. The fraction of sp³-hybridized carbons (Fsp3) is 0.0333. The Morgan fingerprint density at radius 1 is 0.554 bits per heavy atom. The molecule has 0 fully saturated rings. The van der Waals surface area contributed by atoms with Gasteiger partial charge in [-0.15, -0.1) is 20.5 Å². The van der Waals surface area contributed by atoms with Crippen molar-refractivity contribution in [3.63, 3.8) is 0 Å². The van der Waals surface area contributed by atoms with Crippen molar-refractivity contribution in [2.75, 3.05) is 11.1 Å². The Morgan fingerprint density at radius 3 is 1.55 bits per heavy atom. The van der Waals surface area contributed by atoms with Crippen LogP contribution in [-0.4, -0.2) is 66.8 Å². The summed E-state index contributed by atoms with van der Waals surface area (Å²) in [7, 11) is -20.5. The van der Waals surface area contributed by atoms with Crippen LogP contribution >= 0.6 is 11.6 Å². The summed E-state index contributed by atoms with van der Waals surface area (Å²) in [5.74, 6) is -0.285. The van der Waals surface area contributed by atoms with Gasteiger partial charge < -0.3 is 29.3 Å². The summed E-state index contributed by atoms with van der Waals surface area (Å²) < 4.78 is 143. The Labute approximate surface area is 321 Å². The van der Waals surface area contributed by atoms with Crippen LogP contribution in [-0.2, 0) is 40.5 Å². The van der Waals surface area contributed by atoms with Crippen LogP contribution in [0.2, 0.25) is 5.28 Å². The monoisotopic (exact) mass is 859 g/mol. The van der Waals surface area contributed by atoms with Crippen LogP contribution in [0, 0.1) is 6.92 Å². The Morgan fingerprint density at radius 2 is 1.04 bits per heavy atom. The lowest BCUT2D eigenvalue weighted by atomic mass is 10.1. The van der Waals surface area contributed by atoms with Crippen molar-refractivity contribution < 1.29 is 51.9 Å². The van der Waals surface area contributed by atoms with Crippen LogP contribution in [0.15, 0.2) is 113 Å². The van der Waals surface area contributed by atoms with Crippen LogP contribution in [0.3, 0.4) is 0 Å². The number of nitrogens with one attached hydrogen (secondary N) is 1. The predicted molar refractivity (Wildman–Crippen MR) is 192 cm³/mol. The molecule has 5 aromatic carbocycles. The molecule has 0 unspecified atom stereocenters. The van der Waals surface area contributed by atoms with Gasteiger partial charge in [-0.05, 0) is 84.8 Å². The van der Waals surface area contributed by atoms with Crippen LogP contribution in [0.4, 0.5) is 40.3 Å². The molecule has 0 saturated carbocycles. The lowest BCUT2D eigenvalue weighted by molar-refractivity contribution is 0.458. The summed E-state index contributed by atoms with van der Waals surface area (Å²) in [5, 5.41) is 18.9. The molecule has 6 aromatic rings. The molecule has 1 aromatic heterocycles. The molecule has 0 bridgehead atoms. The third-order valence-electron chi connectivity index (χ3n) is 7.68. The van der Waals surface area contributed by atoms with Gasteiger partial charge in [-0.1, -0.05) is 12.1 Å². The van der Waals surface area contributed by atoms with Crippen molar-refractivity contribution in [2.45, 2.75) is 26.5 Å². The van der Waals surface area contributed by atoms with Crippen LogP contribution in [0.5, 0.6) is 0 Å². The zero-order chi connectivity index (χ0) is 41.0. The molecular weight excluding hydrogens is 842 g/mol. The first-order valence-corrected chi connectivity index (χ1v) is 20.9. The Hall–Kier alpha value is -5.64. The number of hydrogen-bond acceptors (Lipinski definition) is 21. The van der Waals surface area contributed by atoms with E-state index in [1.165, 1.54) is 30.3 Å². The van der Waals surface area contributed by atoms with E-state index in [-0.39, 0.29) is 61.7 Å². The summed E-state index contributed by atoms with van der Waals surface area (Å²) >= 11 is 5.88. The second kappa shape index (κ2) is 14.5. The number of aryl methyl sites for hydroxylation is 1. The van der Waals surface area contributed by atoms with Crippen LogP contribution < -0.4 is 11.1 Å². The Kier molecular flexibility index (Phi) is 10.3. The largest absolute Gasteiger partial charge is 0.744 e. The standard InChI is InChI=1S/C30H22ClN9O12S4/c1-14-10-27(56(50,51)52)25(13-26(14)55(47,48)49)40-39-24-9-8-22(18-5-3-16(12-20(18)24)54(44,45)46)37-38-23-7-6-21(33-30-35-28(31)34-29(32)36-30)17-4-2-15(11-19(17)23)53(41,42)43/h2-13H,1H3,(H,41,42,43)(H,44,45,46)(H,47,48,49)(H,50,51,52)(H3,32,33,34,35,36)/p-4. The highest BCUT2D eigenvalue weighted by Crippen LogP contribution is 2.40. The molecule has 0 atom stereocenters. The molecule has 0 spiro atoms. The van der Waals surface area contributed by atoms with E-state index in [1.54, 1.807) is 0 Å². The average molecular weight is 860 g/mol. The van der Waals surface area contributed by atoms with Gasteiger partial charge in [0.05, 0.1) is 36.6 Å². The van der Waals surface area contributed by atoms with E-state index in [0.29, 0.717) is 17.5 Å². The van der Waals surface area contributed by atoms with Gasteiger partial charge in [0.1, 0.15) is 46.2 Å². The number of azo groups is 2. The van der Waals surface area contributed by atoms with E-state index in [1.807, 2.05) is 0 Å². The molecule has 0 radical (unpaired) electrons. The molecule has 26 heteroatoms. The molecule has 0 aliphatic carbocycles. The maximum atomic E-state index is 12.0. The second-order valence-electron chi connectivity index (χ2n) is 11.4. The van der Waals surface area contributed by atoms with Crippen molar-refractivity contribution in [2.24, 2.45) is 20.5 Å². The fourth-order valence-corrected chi connectivity index (χ4v) is 7.79. The number of rotatable bonds is 10. The lowest BCUT2D eigenvalue weighted by Gasteiger charge is -2.16. The molecule has 290 valence electrons. The molecule has 1 heterocycles. The maximum absolute atomic E-state index is 12.0. The molecule has 3 N–H and O–H groups in total. The highest BCUT2D eigenvalue weighted by molar-refractivity contribution is 7.86. The topological polar surface area (TPSA) is 355 Å². The van der Waals surface area contributed by atoms with E-state index in [2.05, 4.69) is 40.7 Å². The SMILES string of the molecule is Cc1cc(S(=O)(=O)[O-])c(N=Nc2ccc(N=Nc3ccc(Nc4nc(N)nc(Cl)n4)c4ccc(S(=O)(=O)[O-])cc34)c3ccc(S(=O)(=O)[O-])cc23)cc1S(=O)(=O)[O-]. The molecule has 0 aliphatic heterocycles. The van der Waals surface area contributed by atoms with Gasteiger partial charge in [0, 0.05) is 27.2 Å². The summed E-state index contributed by atoms with van der Waals surface area (Å²) in [4.78, 5) is 8.26. The number of fused-ring (bicyclic) bond motifs is 2. The van der Waals surface area contributed by atoms with E-state index >= 15 is 0 Å². The summed E-state index contributed by atoms with van der Waals surface area (Å²) in [5.41, 5.74) is 4.47. The van der Waals surface area contributed by atoms with E-state index in [0.717, 1.165) is 37.3 Å². The molecule has 0 amide bonds. The number of nitrogens with zero attached hydrogens (tertiary/aromatic N) is 7. The van der Waals surface area contributed by atoms with Crippen molar-refractivity contribution in [1.29, 1.82) is 0 Å². The van der Waals surface area contributed by atoms with Gasteiger partial charge in [-0.2, -0.15) is 15.0 Å². The molecule has 21 nitrogen and oxygen atoms in total. The second-order valence-corrected chi connectivity index (χ2v) is 17.2. The van der Waals surface area contributed by atoms with Gasteiger partial charge in [0.2, 0.25) is 17.2 Å². The van der Waals surface area contributed by atoms with E-state index in [4.69, 9.17) is 17.3 Å². The molecule has 56 heavy (non-hydrogen) atoms. The van der Waals surface area contributed by atoms with Crippen molar-refractivity contribution >= 4 is 114 Å². The first-order valence-electron chi connectivity index (χ1n) is 14.9. The van der Waals surface area contributed by atoms with E-state index < -0.39 is 65.7 Å². The minimum atomic E-state index is -5.30. The molecule has 6 rings (SSSR count). The zero-order valence-corrected chi connectivity index (χ0v) is 31.6. The highest BCUT2D eigenvalue weighted by Gasteiger charge is 2.18. The smallest absolute Gasteiger partial charge is 0.233 e. The van der Waals surface area contributed by atoms with Crippen LogP contribution in [0.25, 0.3) is 21.5 Å². The minimum Gasteiger partial charge on any atom is -0.744 e. The van der Waals surface area contributed by atoms with Crippen molar-refractivity contribution in [3.8, 4) is 0 Å². The summed E-state index contributed by atoms with van der Waals surface area (Å²) in [6.45, 7) is 1.08. The van der Waals surface area contributed by atoms with Gasteiger partial charge in [-0.25, -0.2) is 33.7 Å². The first-order chi connectivity index (χ1) is 26.0. The number of benzene rings is 5. The number of nitrogens with two attached hydrogens (primary N) is 1. The Bertz CT molecular complexity index is 3150. The molecule has 0 aliphatic rings. The van der Waals surface area contributed by atoms with E-state index in [9.17, 15) is 51.9 Å². The summed E-state index contributed by atoms with van der Waals surface area (Å²) in [6.07, 6.45) is 0. The van der Waals surface area contributed by atoms with Crippen molar-refractivity contribution in [1.82, 2.24) is 15.0 Å². The van der Waals surface area contributed by atoms with Gasteiger partial charge in [-0.3, -0.25) is 0 Å². The number of anilines is 3. The van der Waals surface area contributed by atoms with Crippen molar-refractivity contribution in [3.05, 3.63) is 83.6 Å². The maximum Gasteiger partial charge on any atom is 0.233 e. The quantitative estimate of drug-likeness (QED) is 0.136. The third-order valence-corrected chi connectivity index (χ3v) is 11.4. The van der Waals surface area contributed by atoms with Gasteiger partial charge >= 0.3 is 0 Å². The Balaban J connectivity index is 1.50. The average Bonchev–Trinajstić information content (AvgIpc) is 3.08. The normalized spacial score (nSPS) is 13.0. The number of halogens is 1. The molecular formula is C30H18ClN9O12S4-4. The first kappa shape index (κ1) is 40.0. The number of aromatic nitrogens is 3. The van der Waals surface area contributed by atoms with Crippen LogP contribution in [0.1, 0.15) is 5.56 Å². The minimum absolute atomic E-state index is 0.00904. The predicted octanol–water partition coefficient (Wildman–Crippen LogP) is 4.91. The molecule has 0 saturated heterocycles. The third kappa shape index (κ3) is 8.59. The number of hydrogen-bond donors (Lipinski definition) is 2. The zero-order valence-electron chi connectivity index (χ0n) is 27.5. The fourth-order valence-electron chi connectivity index (χ4n) is 5.25. The van der Waals surface area contributed by atoms with Gasteiger partial charge in [0.25, 0.3) is 0 Å².